The topological polar surface area (TPSA) is 99.2 Å². The number of benzene rings is 1. The second-order valence-corrected chi connectivity index (χ2v) is 7.27. The van der Waals surface area contributed by atoms with Gasteiger partial charge in [-0.2, -0.15) is 0 Å². The Bertz CT molecular complexity index is 786. The Morgan fingerprint density at radius 2 is 1.82 bits per heavy atom. The van der Waals surface area contributed by atoms with E-state index in [9.17, 15) is 19.2 Å². The van der Waals surface area contributed by atoms with Crippen molar-refractivity contribution in [1.29, 1.82) is 0 Å². The van der Waals surface area contributed by atoms with Crippen molar-refractivity contribution in [2.45, 2.75) is 13.8 Å². The molecule has 1 fully saturated rings. The molecule has 2 amide bonds. The molecule has 0 saturated carbocycles. The first kappa shape index (κ1) is 21.5. The summed E-state index contributed by atoms with van der Waals surface area (Å²) in [6.07, 6.45) is 1.55. The zero-order valence-corrected chi connectivity index (χ0v) is 16.6. The molecule has 2 rings (SSSR count). The standard InChI is InChI=1S/C19H21NO7S/c1-12(2)10-27-16(21)9-20-18(23)15(28-19(20)24)8-13-4-6-14(7-5-13)26-11-17(22)25-3/h4-8,12H,9-11H2,1-3H3/b15-8-. The zero-order valence-electron chi connectivity index (χ0n) is 15.8. The molecular weight excluding hydrogens is 386 g/mol. The van der Waals surface area contributed by atoms with Gasteiger partial charge in [0.15, 0.2) is 6.61 Å². The lowest BCUT2D eigenvalue weighted by Gasteiger charge is -2.12. The first-order valence-corrected chi connectivity index (χ1v) is 9.32. The smallest absolute Gasteiger partial charge is 0.343 e. The number of hydrogen-bond acceptors (Lipinski definition) is 8. The maximum absolute atomic E-state index is 12.4. The Balaban J connectivity index is 1.98. The van der Waals surface area contributed by atoms with E-state index < -0.39 is 29.6 Å². The molecule has 9 heteroatoms. The lowest BCUT2D eigenvalue weighted by atomic mass is 10.2. The highest BCUT2D eigenvalue weighted by Gasteiger charge is 2.36. The van der Waals surface area contributed by atoms with Crippen LogP contribution in [-0.4, -0.2) is 54.9 Å². The van der Waals surface area contributed by atoms with E-state index in [1.54, 1.807) is 30.3 Å². The third kappa shape index (κ3) is 6.12. The first-order chi connectivity index (χ1) is 13.3. The van der Waals surface area contributed by atoms with Gasteiger partial charge in [0.2, 0.25) is 0 Å². The molecule has 8 nitrogen and oxygen atoms in total. The SMILES string of the molecule is COC(=O)COc1ccc(/C=C2\SC(=O)N(CC(=O)OCC(C)C)C2=O)cc1. The summed E-state index contributed by atoms with van der Waals surface area (Å²) in [4.78, 5) is 48.4. The molecule has 150 valence electrons. The van der Waals surface area contributed by atoms with E-state index >= 15 is 0 Å². The number of hydrogen-bond donors (Lipinski definition) is 0. The second-order valence-electron chi connectivity index (χ2n) is 6.28. The van der Waals surface area contributed by atoms with Crippen LogP contribution in [0.25, 0.3) is 6.08 Å². The van der Waals surface area contributed by atoms with Crippen LogP contribution in [0.5, 0.6) is 5.75 Å². The van der Waals surface area contributed by atoms with E-state index in [0.29, 0.717) is 11.3 Å². The van der Waals surface area contributed by atoms with Crippen molar-refractivity contribution in [2.75, 3.05) is 26.9 Å². The largest absolute Gasteiger partial charge is 0.482 e. The molecule has 0 N–H and O–H groups in total. The van der Waals surface area contributed by atoms with Crippen LogP contribution in [0.15, 0.2) is 29.2 Å². The minimum Gasteiger partial charge on any atom is -0.482 e. The van der Waals surface area contributed by atoms with E-state index in [4.69, 9.17) is 9.47 Å². The number of carbonyl (C=O) groups excluding carboxylic acids is 4. The molecule has 1 heterocycles. The van der Waals surface area contributed by atoms with Gasteiger partial charge < -0.3 is 14.2 Å². The molecule has 0 aliphatic carbocycles. The highest BCUT2D eigenvalue weighted by Crippen LogP contribution is 2.32. The van der Waals surface area contributed by atoms with Crippen LogP contribution in [0.2, 0.25) is 0 Å². The molecule has 0 unspecified atom stereocenters. The Labute approximate surface area is 166 Å². The fourth-order valence-electron chi connectivity index (χ4n) is 2.08. The lowest BCUT2D eigenvalue weighted by Crippen LogP contribution is -2.34. The maximum atomic E-state index is 12.4. The van der Waals surface area contributed by atoms with Crippen LogP contribution >= 0.6 is 11.8 Å². The van der Waals surface area contributed by atoms with Crippen molar-refractivity contribution in [1.82, 2.24) is 4.90 Å². The van der Waals surface area contributed by atoms with Gasteiger partial charge in [-0.3, -0.25) is 19.3 Å². The van der Waals surface area contributed by atoms with Crippen LogP contribution in [0, 0.1) is 5.92 Å². The summed E-state index contributed by atoms with van der Waals surface area (Å²) in [5.41, 5.74) is 0.665. The number of imide groups is 1. The van der Waals surface area contributed by atoms with Gasteiger partial charge in [0.1, 0.15) is 12.3 Å². The van der Waals surface area contributed by atoms with Gasteiger partial charge in [-0.15, -0.1) is 0 Å². The number of carbonyl (C=O) groups is 4. The number of ether oxygens (including phenoxy) is 3. The third-order valence-corrected chi connectivity index (χ3v) is 4.41. The molecule has 0 aromatic heterocycles. The molecule has 1 aromatic carbocycles. The van der Waals surface area contributed by atoms with Crippen molar-refractivity contribution in [3.63, 3.8) is 0 Å². The van der Waals surface area contributed by atoms with Gasteiger partial charge in [-0.05, 0) is 41.5 Å². The number of rotatable bonds is 8. The van der Waals surface area contributed by atoms with Crippen molar-refractivity contribution in [3.05, 3.63) is 34.7 Å². The summed E-state index contributed by atoms with van der Waals surface area (Å²) in [7, 11) is 1.27. The molecule has 0 bridgehead atoms. The van der Waals surface area contributed by atoms with Crippen molar-refractivity contribution in [3.8, 4) is 5.75 Å². The predicted octanol–water partition coefficient (Wildman–Crippen LogP) is 2.47. The van der Waals surface area contributed by atoms with E-state index in [-0.39, 0.29) is 24.0 Å². The Kier molecular flexibility index (Phi) is 7.62. The summed E-state index contributed by atoms with van der Waals surface area (Å²) in [6, 6.07) is 6.61. The second kappa shape index (κ2) is 9.93. The Morgan fingerprint density at radius 1 is 1.14 bits per heavy atom. The van der Waals surface area contributed by atoms with E-state index in [2.05, 4.69) is 4.74 Å². The normalized spacial score (nSPS) is 15.3. The van der Waals surface area contributed by atoms with Crippen LogP contribution in [0.1, 0.15) is 19.4 Å². The number of esters is 2. The van der Waals surface area contributed by atoms with Gasteiger partial charge in [0.25, 0.3) is 11.1 Å². The summed E-state index contributed by atoms with van der Waals surface area (Å²) in [6.45, 7) is 3.40. The van der Waals surface area contributed by atoms with E-state index in [0.717, 1.165) is 16.7 Å². The molecule has 28 heavy (non-hydrogen) atoms. The summed E-state index contributed by atoms with van der Waals surface area (Å²) >= 11 is 0.763. The van der Waals surface area contributed by atoms with Gasteiger partial charge in [0, 0.05) is 0 Å². The summed E-state index contributed by atoms with van der Waals surface area (Å²) in [5, 5.41) is -0.518. The summed E-state index contributed by atoms with van der Waals surface area (Å²) in [5.74, 6) is -1.03. The number of amides is 2. The van der Waals surface area contributed by atoms with Crippen molar-refractivity contribution in [2.24, 2.45) is 5.92 Å². The Morgan fingerprint density at radius 3 is 2.43 bits per heavy atom. The molecule has 0 atom stereocenters. The number of nitrogens with zero attached hydrogens (tertiary/aromatic N) is 1. The van der Waals surface area contributed by atoms with Crippen LogP contribution < -0.4 is 4.74 Å². The first-order valence-electron chi connectivity index (χ1n) is 8.50. The van der Waals surface area contributed by atoms with Crippen molar-refractivity contribution < 1.29 is 33.4 Å². The van der Waals surface area contributed by atoms with Crippen LogP contribution in [0.4, 0.5) is 4.79 Å². The number of methoxy groups -OCH3 is 1. The maximum Gasteiger partial charge on any atom is 0.343 e. The molecule has 0 radical (unpaired) electrons. The predicted molar refractivity (Wildman–Crippen MR) is 102 cm³/mol. The molecule has 1 saturated heterocycles. The van der Waals surface area contributed by atoms with Crippen molar-refractivity contribution >= 4 is 40.9 Å². The van der Waals surface area contributed by atoms with Crippen LogP contribution in [0.3, 0.4) is 0 Å². The summed E-state index contributed by atoms with van der Waals surface area (Å²) < 4.78 is 14.7. The van der Waals surface area contributed by atoms with E-state index in [1.165, 1.54) is 7.11 Å². The van der Waals surface area contributed by atoms with Crippen LogP contribution in [-0.2, 0) is 23.9 Å². The van der Waals surface area contributed by atoms with Gasteiger partial charge in [-0.25, -0.2) is 4.79 Å². The van der Waals surface area contributed by atoms with E-state index in [1.807, 2.05) is 13.8 Å². The molecule has 1 aromatic rings. The monoisotopic (exact) mass is 407 g/mol. The van der Waals surface area contributed by atoms with Gasteiger partial charge in [0.05, 0.1) is 18.6 Å². The zero-order chi connectivity index (χ0) is 20.7. The highest BCUT2D eigenvalue weighted by molar-refractivity contribution is 8.18. The quantitative estimate of drug-likeness (QED) is 0.479. The van der Waals surface area contributed by atoms with Gasteiger partial charge in [-0.1, -0.05) is 26.0 Å². The minimum atomic E-state index is -0.621. The highest BCUT2D eigenvalue weighted by atomic mass is 32.2. The molecule has 0 spiro atoms. The molecule has 1 aliphatic rings. The Hall–Kier alpha value is -2.81. The number of thioether (sulfide) groups is 1. The average Bonchev–Trinajstić information content (AvgIpc) is 2.92. The van der Waals surface area contributed by atoms with Gasteiger partial charge >= 0.3 is 11.9 Å². The lowest BCUT2D eigenvalue weighted by molar-refractivity contribution is -0.147. The fourth-order valence-corrected chi connectivity index (χ4v) is 2.92. The molecule has 1 aliphatic heterocycles. The minimum absolute atomic E-state index is 0.165. The molecular formula is C19H21NO7S. The average molecular weight is 407 g/mol. The third-order valence-electron chi connectivity index (χ3n) is 3.50. The fraction of sp³-hybridized carbons (Fsp3) is 0.368.